The molecule has 124 valence electrons. The molecule has 4 nitrogen and oxygen atoms in total. The van der Waals surface area contributed by atoms with Crippen molar-refractivity contribution in [2.24, 2.45) is 0 Å². The van der Waals surface area contributed by atoms with E-state index in [0.29, 0.717) is 11.7 Å². The molecule has 1 atom stereocenters. The molecule has 0 amide bonds. The smallest absolute Gasteiger partial charge is 0.336 e. The first kappa shape index (κ1) is 16.2. The molecule has 1 saturated heterocycles. The van der Waals surface area contributed by atoms with Crippen molar-refractivity contribution < 1.29 is 9.15 Å². The third-order valence-electron chi connectivity index (χ3n) is 4.53. The fraction of sp³-hybridized carbons (Fsp3) is 0.526. The van der Waals surface area contributed by atoms with Gasteiger partial charge in [-0.15, -0.1) is 0 Å². The summed E-state index contributed by atoms with van der Waals surface area (Å²) < 4.78 is 11.1. The van der Waals surface area contributed by atoms with Gasteiger partial charge in [0, 0.05) is 31.1 Å². The summed E-state index contributed by atoms with van der Waals surface area (Å²) in [7, 11) is 2.09. The van der Waals surface area contributed by atoms with Crippen LogP contribution in [-0.2, 0) is 17.7 Å². The van der Waals surface area contributed by atoms with E-state index in [1.54, 1.807) is 6.07 Å². The molecular formula is C19H25NO3. The molecule has 1 unspecified atom stereocenters. The zero-order valence-corrected chi connectivity index (χ0v) is 14.0. The lowest BCUT2D eigenvalue weighted by atomic mass is 10.0. The van der Waals surface area contributed by atoms with Gasteiger partial charge in [0.1, 0.15) is 5.58 Å². The Kier molecular flexibility index (Phi) is 5.13. The van der Waals surface area contributed by atoms with Crippen molar-refractivity contribution in [1.82, 2.24) is 4.90 Å². The number of rotatable bonds is 5. The molecule has 0 N–H and O–H groups in total. The van der Waals surface area contributed by atoms with Gasteiger partial charge in [-0.3, -0.25) is 4.90 Å². The topological polar surface area (TPSA) is 42.7 Å². The predicted molar refractivity (Wildman–Crippen MR) is 91.8 cm³/mol. The summed E-state index contributed by atoms with van der Waals surface area (Å²) in [4.78, 5) is 14.1. The Balaban J connectivity index is 1.81. The first-order chi connectivity index (χ1) is 11.2. The van der Waals surface area contributed by atoms with Crippen LogP contribution in [0.3, 0.4) is 0 Å². The van der Waals surface area contributed by atoms with Crippen LogP contribution >= 0.6 is 0 Å². The van der Waals surface area contributed by atoms with Crippen LogP contribution in [0.5, 0.6) is 0 Å². The maximum atomic E-state index is 11.8. The zero-order valence-electron chi connectivity index (χ0n) is 14.0. The molecule has 1 fully saturated rings. The van der Waals surface area contributed by atoms with E-state index in [4.69, 9.17) is 9.15 Å². The molecule has 23 heavy (non-hydrogen) atoms. The van der Waals surface area contributed by atoms with E-state index in [0.717, 1.165) is 43.5 Å². The molecule has 2 heterocycles. The van der Waals surface area contributed by atoms with Crippen LogP contribution in [0, 0.1) is 0 Å². The summed E-state index contributed by atoms with van der Waals surface area (Å²) >= 11 is 0. The Morgan fingerprint density at radius 2 is 2.13 bits per heavy atom. The van der Waals surface area contributed by atoms with Crippen molar-refractivity contribution in [1.29, 1.82) is 0 Å². The highest BCUT2D eigenvalue weighted by Crippen LogP contribution is 2.21. The summed E-state index contributed by atoms with van der Waals surface area (Å²) in [5.74, 6) is 0. The lowest BCUT2D eigenvalue weighted by molar-refractivity contribution is -0.00255. The van der Waals surface area contributed by atoms with E-state index >= 15 is 0 Å². The highest BCUT2D eigenvalue weighted by molar-refractivity contribution is 5.80. The summed E-state index contributed by atoms with van der Waals surface area (Å²) in [6.45, 7) is 4.63. The molecule has 1 aliphatic heterocycles. The molecule has 3 rings (SSSR count). The van der Waals surface area contributed by atoms with Gasteiger partial charge < -0.3 is 9.15 Å². The van der Waals surface area contributed by atoms with Crippen LogP contribution in [0.15, 0.2) is 33.5 Å². The molecule has 2 aromatic rings. The van der Waals surface area contributed by atoms with Crippen molar-refractivity contribution in [3.8, 4) is 0 Å². The number of hydrogen-bond donors (Lipinski definition) is 0. The first-order valence-electron chi connectivity index (χ1n) is 8.51. The van der Waals surface area contributed by atoms with Crippen molar-refractivity contribution in [3.05, 3.63) is 45.8 Å². The Bertz CT molecular complexity index is 716. The van der Waals surface area contributed by atoms with E-state index in [2.05, 4.69) is 24.9 Å². The number of benzene rings is 1. The zero-order chi connectivity index (χ0) is 16.2. The van der Waals surface area contributed by atoms with Crippen LogP contribution in [0.4, 0.5) is 0 Å². The predicted octanol–water partition coefficient (Wildman–Crippen LogP) is 3.36. The van der Waals surface area contributed by atoms with Crippen molar-refractivity contribution >= 4 is 11.0 Å². The number of hydrogen-bond acceptors (Lipinski definition) is 4. The summed E-state index contributed by atoms with van der Waals surface area (Å²) in [5.41, 5.74) is 2.68. The average Bonchev–Trinajstić information content (AvgIpc) is 2.55. The van der Waals surface area contributed by atoms with Gasteiger partial charge in [-0.25, -0.2) is 4.79 Å². The van der Waals surface area contributed by atoms with E-state index in [9.17, 15) is 4.79 Å². The van der Waals surface area contributed by atoms with Gasteiger partial charge in [0.15, 0.2) is 0 Å². The van der Waals surface area contributed by atoms with E-state index < -0.39 is 0 Å². The highest BCUT2D eigenvalue weighted by atomic mass is 16.5. The van der Waals surface area contributed by atoms with Crippen LogP contribution in [0.2, 0.25) is 0 Å². The minimum absolute atomic E-state index is 0.279. The van der Waals surface area contributed by atoms with Gasteiger partial charge in [-0.1, -0.05) is 13.0 Å². The molecular weight excluding hydrogens is 290 g/mol. The molecule has 1 aromatic heterocycles. The second-order valence-electron chi connectivity index (χ2n) is 6.46. The molecule has 0 bridgehead atoms. The number of likely N-dealkylation sites (N-methyl/N-ethyl adjacent to an activating group) is 1. The van der Waals surface area contributed by atoms with Gasteiger partial charge in [0.05, 0.1) is 6.10 Å². The molecule has 0 radical (unpaired) electrons. The fourth-order valence-electron chi connectivity index (χ4n) is 3.28. The van der Waals surface area contributed by atoms with Gasteiger partial charge >= 0.3 is 5.63 Å². The van der Waals surface area contributed by atoms with E-state index in [-0.39, 0.29) is 5.63 Å². The van der Waals surface area contributed by atoms with E-state index in [1.165, 1.54) is 18.4 Å². The van der Waals surface area contributed by atoms with Crippen molar-refractivity contribution in [2.45, 2.75) is 45.3 Å². The number of fused-ring (bicyclic) bond motifs is 1. The standard InChI is InChI=1S/C19H25NO3/c1-3-14-7-8-18-17(10-14)15(11-19(21)23-18)12-20(2)13-16-6-4-5-9-22-16/h7-8,10-11,16H,3-6,9,12-13H2,1-2H3. The number of ether oxygens (including phenoxy) is 1. The lowest BCUT2D eigenvalue weighted by Gasteiger charge is -2.27. The molecule has 0 spiro atoms. The third-order valence-corrected chi connectivity index (χ3v) is 4.53. The van der Waals surface area contributed by atoms with Crippen LogP contribution in [0.25, 0.3) is 11.0 Å². The fourth-order valence-corrected chi connectivity index (χ4v) is 3.28. The van der Waals surface area contributed by atoms with Crippen LogP contribution in [0.1, 0.15) is 37.3 Å². The van der Waals surface area contributed by atoms with Gasteiger partial charge in [-0.2, -0.15) is 0 Å². The minimum Gasteiger partial charge on any atom is -0.423 e. The summed E-state index contributed by atoms with van der Waals surface area (Å²) in [5, 5.41) is 1.04. The summed E-state index contributed by atoms with van der Waals surface area (Å²) in [6, 6.07) is 7.69. The summed E-state index contributed by atoms with van der Waals surface area (Å²) in [6.07, 6.45) is 4.83. The minimum atomic E-state index is -0.279. The van der Waals surface area contributed by atoms with Crippen molar-refractivity contribution in [3.63, 3.8) is 0 Å². The maximum absolute atomic E-state index is 11.8. The van der Waals surface area contributed by atoms with Crippen LogP contribution in [-0.4, -0.2) is 31.2 Å². The number of aryl methyl sites for hydroxylation is 1. The molecule has 0 aliphatic carbocycles. The Labute approximate surface area is 137 Å². The molecule has 0 saturated carbocycles. The quantitative estimate of drug-likeness (QED) is 0.794. The largest absolute Gasteiger partial charge is 0.423 e. The Morgan fingerprint density at radius 1 is 1.26 bits per heavy atom. The Morgan fingerprint density at radius 3 is 2.87 bits per heavy atom. The number of nitrogens with zero attached hydrogens (tertiary/aromatic N) is 1. The molecule has 1 aliphatic rings. The van der Waals surface area contributed by atoms with Crippen LogP contribution < -0.4 is 5.63 Å². The highest BCUT2D eigenvalue weighted by Gasteiger charge is 2.17. The molecule has 1 aromatic carbocycles. The first-order valence-corrected chi connectivity index (χ1v) is 8.51. The molecule has 4 heteroatoms. The Hall–Kier alpha value is -1.65. The lowest BCUT2D eigenvalue weighted by Crippen LogP contribution is -2.33. The SMILES string of the molecule is CCc1ccc2oc(=O)cc(CN(C)CC3CCCCO3)c2c1. The van der Waals surface area contributed by atoms with Crippen molar-refractivity contribution in [2.75, 3.05) is 20.2 Å². The van der Waals surface area contributed by atoms with Gasteiger partial charge in [0.25, 0.3) is 0 Å². The second kappa shape index (κ2) is 7.28. The maximum Gasteiger partial charge on any atom is 0.336 e. The monoisotopic (exact) mass is 315 g/mol. The second-order valence-corrected chi connectivity index (χ2v) is 6.46. The average molecular weight is 315 g/mol. The third kappa shape index (κ3) is 4.01. The van der Waals surface area contributed by atoms with E-state index in [1.807, 2.05) is 12.1 Å². The van der Waals surface area contributed by atoms with Gasteiger partial charge in [0.2, 0.25) is 0 Å². The van der Waals surface area contributed by atoms with Gasteiger partial charge in [-0.05, 0) is 56.0 Å². The normalized spacial score (nSPS) is 18.7.